The third kappa shape index (κ3) is 5.32. The van der Waals surface area contributed by atoms with Crippen LogP contribution in [0.1, 0.15) is 16.1 Å². The number of nitrogens with one attached hydrogen (secondary N) is 1. The molecule has 32 heavy (non-hydrogen) atoms. The van der Waals surface area contributed by atoms with Gasteiger partial charge >= 0.3 is 0 Å². The van der Waals surface area contributed by atoms with Crippen LogP contribution in [-0.4, -0.2) is 38.2 Å². The first-order valence-electron chi connectivity index (χ1n) is 9.79. The third-order valence-electron chi connectivity index (χ3n) is 4.63. The fraction of sp³-hybridized carbons (Fsp3) is 0.0870. The number of carbonyl (C=O) groups is 2. The van der Waals surface area contributed by atoms with Crippen LogP contribution >= 0.6 is 11.3 Å². The van der Waals surface area contributed by atoms with Crippen LogP contribution in [0.2, 0.25) is 0 Å². The van der Waals surface area contributed by atoms with Crippen LogP contribution in [0.5, 0.6) is 0 Å². The number of rotatable bonds is 7. The van der Waals surface area contributed by atoms with E-state index in [1.165, 1.54) is 34.8 Å². The lowest BCUT2D eigenvalue weighted by molar-refractivity contribution is -0.117. The number of benzene rings is 2. The van der Waals surface area contributed by atoms with Gasteiger partial charge < -0.3 is 16.0 Å². The molecule has 0 unspecified atom stereocenters. The van der Waals surface area contributed by atoms with Crippen LogP contribution < -0.4 is 11.1 Å². The number of amides is 2. The number of nitrogen functional groups attached to an aromatic ring is 1. The molecule has 3 N–H and O–H groups in total. The van der Waals surface area contributed by atoms with Crippen molar-refractivity contribution >= 4 is 34.0 Å². The summed E-state index contributed by atoms with van der Waals surface area (Å²) in [4.78, 5) is 39.3. The molecule has 0 fully saturated rings. The highest BCUT2D eigenvalue weighted by molar-refractivity contribution is 7.13. The lowest BCUT2D eigenvalue weighted by Gasteiger charge is -2.22. The second-order valence-electron chi connectivity index (χ2n) is 6.94. The van der Waals surface area contributed by atoms with Crippen LogP contribution in [-0.2, 0) is 11.3 Å². The van der Waals surface area contributed by atoms with Crippen molar-refractivity contribution in [1.29, 1.82) is 0 Å². The highest BCUT2D eigenvalue weighted by Gasteiger charge is 2.20. The molecule has 0 spiro atoms. The Balaban J connectivity index is 1.46. The minimum atomic E-state index is -0.345. The van der Waals surface area contributed by atoms with Crippen molar-refractivity contribution < 1.29 is 9.59 Å². The monoisotopic (exact) mass is 444 g/mol. The van der Waals surface area contributed by atoms with Crippen molar-refractivity contribution in [3.8, 4) is 11.3 Å². The summed E-state index contributed by atoms with van der Waals surface area (Å²) < 4.78 is 0. The maximum Gasteiger partial charge on any atom is 0.273 e. The zero-order valence-corrected chi connectivity index (χ0v) is 17.8. The van der Waals surface area contributed by atoms with Crippen molar-refractivity contribution in [2.75, 3.05) is 17.6 Å². The number of thiazole rings is 1. The van der Waals surface area contributed by atoms with Gasteiger partial charge in [-0.25, -0.2) is 15.0 Å². The highest BCUT2D eigenvalue weighted by Crippen LogP contribution is 2.24. The summed E-state index contributed by atoms with van der Waals surface area (Å²) >= 11 is 1.37. The number of hydrogen-bond acceptors (Lipinski definition) is 7. The van der Waals surface area contributed by atoms with E-state index in [1.54, 1.807) is 12.1 Å². The SMILES string of the molecule is Nc1nc(-c2ccc(NC(=O)CN(Cc3ccccc3)C(=O)c3ccncn3)cc2)cs1. The van der Waals surface area contributed by atoms with Gasteiger partial charge in [-0.15, -0.1) is 11.3 Å². The fourth-order valence-electron chi connectivity index (χ4n) is 3.10. The molecule has 8 nitrogen and oxygen atoms in total. The zero-order valence-electron chi connectivity index (χ0n) is 17.0. The molecule has 2 aromatic carbocycles. The molecule has 4 rings (SSSR count). The zero-order chi connectivity index (χ0) is 22.3. The average Bonchev–Trinajstić information content (AvgIpc) is 3.26. The number of hydrogen-bond donors (Lipinski definition) is 2. The molecule has 4 aromatic rings. The van der Waals surface area contributed by atoms with Gasteiger partial charge in [-0.1, -0.05) is 42.5 Å². The van der Waals surface area contributed by atoms with Crippen molar-refractivity contribution in [2.24, 2.45) is 0 Å². The number of anilines is 2. The van der Waals surface area contributed by atoms with Gasteiger partial charge in [0.25, 0.3) is 5.91 Å². The quantitative estimate of drug-likeness (QED) is 0.451. The fourth-order valence-corrected chi connectivity index (χ4v) is 3.67. The van der Waals surface area contributed by atoms with E-state index in [2.05, 4.69) is 20.3 Å². The number of nitrogens with two attached hydrogens (primary N) is 1. The first kappa shape index (κ1) is 21.1. The summed E-state index contributed by atoms with van der Waals surface area (Å²) in [7, 11) is 0. The predicted octanol–water partition coefficient (Wildman–Crippen LogP) is 3.46. The van der Waals surface area contributed by atoms with Gasteiger partial charge in [-0.3, -0.25) is 9.59 Å². The van der Waals surface area contributed by atoms with Gasteiger partial charge in [0, 0.05) is 29.4 Å². The van der Waals surface area contributed by atoms with Gasteiger partial charge in [0.2, 0.25) is 5.91 Å². The van der Waals surface area contributed by atoms with Gasteiger partial charge in [0.05, 0.1) is 5.69 Å². The lowest BCUT2D eigenvalue weighted by atomic mass is 10.1. The molecule has 0 saturated carbocycles. The van der Waals surface area contributed by atoms with Crippen LogP contribution in [0.25, 0.3) is 11.3 Å². The van der Waals surface area contributed by atoms with Crippen molar-refractivity contribution in [3.05, 3.63) is 89.8 Å². The topological polar surface area (TPSA) is 114 Å². The summed E-state index contributed by atoms with van der Waals surface area (Å²) in [5.41, 5.74) is 9.15. The van der Waals surface area contributed by atoms with Crippen molar-refractivity contribution in [3.63, 3.8) is 0 Å². The molecule has 0 aliphatic heterocycles. The molecule has 2 aromatic heterocycles. The summed E-state index contributed by atoms with van der Waals surface area (Å²) in [5, 5.41) is 5.22. The van der Waals surface area contributed by atoms with E-state index in [1.807, 2.05) is 47.8 Å². The first-order valence-corrected chi connectivity index (χ1v) is 10.7. The smallest absolute Gasteiger partial charge is 0.273 e. The molecule has 2 amide bonds. The first-order chi connectivity index (χ1) is 15.6. The van der Waals surface area contributed by atoms with Gasteiger partial charge in [-0.2, -0.15) is 0 Å². The Morgan fingerprint density at radius 1 is 1.03 bits per heavy atom. The van der Waals surface area contributed by atoms with Crippen LogP contribution in [0.4, 0.5) is 10.8 Å². The summed E-state index contributed by atoms with van der Waals surface area (Å²) in [6.07, 6.45) is 2.81. The molecule has 160 valence electrons. The van der Waals surface area contributed by atoms with Crippen molar-refractivity contribution in [1.82, 2.24) is 19.9 Å². The summed E-state index contributed by atoms with van der Waals surface area (Å²) in [5.74, 6) is -0.656. The van der Waals surface area contributed by atoms with E-state index in [4.69, 9.17) is 5.73 Å². The Morgan fingerprint density at radius 3 is 2.47 bits per heavy atom. The van der Waals surface area contributed by atoms with Gasteiger partial charge in [0.1, 0.15) is 18.6 Å². The van der Waals surface area contributed by atoms with Gasteiger partial charge in [0.15, 0.2) is 5.13 Å². The van der Waals surface area contributed by atoms with E-state index >= 15 is 0 Å². The Bertz CT molecular complexity index is 1200. The van der Waals surface area contributed by atoms with E-state index in [9.17, 15) is 9.59 Å². The molecule has 2 heterocycles. The predicted molar refractivity (Wildman–Crippen MR) is 124 cm³/mol. The number of nitrogens with zero attached hydrogens (tertiary/aromatic N) is 4. The lowest BCUT2D eigenvalue weighted by Crippen LogP contribution is -2.38. The molecule has 0 aliphatic carbocycles. The molecular weight excluding hydrogens is 424 g/mol. The molecule has 0 atom stereocenters. The third-order valence-corrected chi connectivity index (χ3v) is 5.30. The Morgan fingerprint density at radius 2 is 1.81 bits per heavy atom. The number of aromatic nitrogens is 3. The van der Waals surface area contributed by atoms with Crippen LogP contribution in [0.15, 0.2) is 78.6 Å². The normalized spacial score (nSPS) is 10.5. The standard InChI is InChI=1S/C23H20N6O2S/c24-23-28-20(14-32-23)17-6-8-18(9-7-17)27-21(30)13-29(12-16-4-2-1-3-5-16)22(31)19-10-11-25-15-26-19/h1-11,14-15H,12-13H2,(H2,24,28)(H,27,30). The highest BCUT2D eigenvalue weighted by atomic mass is 32.1. The van der Waals surface area contributed by atoms with Crippen LogP contribution in [0, 0.1) is 0 Å². The summed E-state index contributed by atoms with van der Waals surface area (Å²) in [6.45, 7) is 0.156. The Kier molecular flexibility index (Phi) is 6.47. The van der Waals surface area contributed by atoms with E-state index in [0.717, 1.165) is 16.8 Å². The molecule has 9 heteroatoms. The van der Waals surface area contributed by atoms with E-state index in [-0.39, 0.29) is 30.6 Å². The maximum absolute atomic E-state index is 13.0. The largest absolute Gasteiger partial charge is 0.375 e. The summed E-state index contributed by atoms with van der Waals surface area (Å²) in [6, 6.07) is 18.3. The van der Waals surface area contributed by atoms with E-state index in [0.29, 0.717) is 10.8 Å². The Hall–Kier alpha value is -4.11. The second-order valence-corrected chi connectivity index (χ2v) is 7.83. The van der Waals surface area contributed by atoms with Gasteiger partial charge in [-0.05, 0) is 23.8 Å². The van der Waals surface area contributed by atoms with E-state index < -0.39 is 0 Å². The Labute approximate surface area is 188 Å². The molecular formula is C23H20N6O2S. The van der Waals surface area contributed by atoms with Crippen molar-refractivity contribution in [2.45, 2.75) is 6.54 Å². The minimum absolute atomic E-state index is 0.123. The molecule has 0 aliphatic rings. The minimum Gasteiger partial charge on any atom is -0.375 e. The average molecular weight is 445 g/mol. The second kappa shape index (κ2) is 9.80. The molecule has 0 radical (unpaired) electrons. The maximum atomic E-state index is 13.0. The van der Waals surface area contributed by atoms with Crippen LogP contribution in [0.3, 0.4) is 0 Å². The number of carbonyl (C=O) groups excluding carboxylic acids is 2. The molecule has 0 bridgehead atoms. The molecule has 0 saturated heterocycles.